The molecule has 0 aliphatic carbocycles. The molecule has 0 unspecified atom stereocenters. The molecule has 0 spiro atoms. The predicted octanol–water partition coefficient (Wildman–Crippen LogP) is 2.98. The smallest absolute Gasteiger partial charge is 0.258 e. The number of benzene rings is 2. The van der Waals surface area contributed by atoms with Crippen LogP contribution >= 0.6 is 0 Å². The Morgan fingerprint density at radius 1 is 1.04 bits per heavy atom. The van der Waals surface area contributed by atoms with E-state index in [1.165, 1.54) is 6.07 Å². The molecule has 0 saturated carbocycles. The summed E-state index contributed by atoms with van der Waals surface area (Å²) in [6.45, 7) is 0.987. The van der Waals surface area contributed by atoms with Gasteiger partial charge in [0.2, 0.25) is 0 Å². The Balaban J connectivity index is 1.55. The van der Waals surface area contributed by atoms with E-state index in [1.54, 1.807) is 12.1 Å². The van der Waals surface area contributed by atoms with E-state index >= 15 is 0 Å². The van der Waals surface area contributed by atoms with Gasteiger partial charge in [0.05, 0.1) is 25.0 Å². The lowest BCUT2D eigenvalue weighted by Crippen LogP contribution is -2.18. The summed E-state index contributed by atoms with van der Waals surface area (Å²) in [6, 6.07) is 18.3. The van der Waals surface area contributed by atoms with Gasteiger partial charge in [0.1, 0.15) is 7.85 Å². The summed E-state index contributed by atoms with van der Waals surface area (Å²) in [7, 11) is 5.50. The molecule has 26 heavy (non-hydrogen) atoms. The van der Waals surface area contributed by atoms with Crippen LogP contribution in [0.5, 0.6) is 0 Å². The van der Waals surface area contributed by atoms with Crippen LogP contribution in [0.4, 0.5) is 10.1 Å². The minimum absolute atomic E-state index is 0.0856. The molecule has 0 atom stereocenters. The molecule has 3 aromatic rings. The van der Waals surface area contributed by atoms with Crippen molar-refractivity contribution in [3.05, 3.63) is 89.4 Å². The summed E-state index contributed by atoms with van der Waals surface area (Å²) in [5.74, 6) is -1.30. The molecule has 6 heteroatoms. The van der Waals surface area contributed by atoms with Crippen LogP contribution in [0.25, 0.3) is 0 Å². The minimum Gasteiger partial charge on any atom is -0.372 e. The molecule has 128 valence electrons. The van der Waals surface area contributed by atoms with Gasteiger partial charge in [-0.2, -0.15) is 0 Å². The Kier molecular flexibility index (Phi) is 5.76. The molecule has 4 nitrogen and oxygen atoms in total. The van der Waals surface area contributed by atoms with Crippen LogP contribution in [0, 0.1) is 5.82 Å². The fraction of sp³-hybridized carbons (Fsp3) is 0.100. The van der Waals surface area contributed by atoms with E-state index in [-0.39, 0.29) is 11.2 Å². The number of halogens is 1. The number of nitrogens with one attached hydrogen (secondary N) is 1. The normalized spacial score (nSPS) is 10.5. The number of amides is 1. The van der Waals surface area contributed by atoms with Crippen LogP contribution in [0.2, 0.25) is 0 Å². The van der Waals surface area contributed by atoms with Gasteiger partial charge < -0.3 is 10.1 Å². The first-order valence-electron chi connectivity index (χ1n) is 8.05. The first-order chi connectivity index (χ1) is 12.6. The Bertz CT molecular complexity index is 886. The van der Waals surface area contributed by atoms with Crippen LogP contribution in [0.3, 0.4) is 0 Å². The van der Waals surface area contributed by atoms with Gasteiger partial charge in [0.25, 0.3) is 5.91 Å². The fourth-order valence-corrected chi connectivity index (χ4v) is 2.37. The molecule has 1 N–H and O–H groups in total. The van der Waals surface area contributed by atoms with Crippen molar-refractivity contribution in [3.63, 3.8) is 0 Å². The molecule has 1 aromatic heterocycles. The topological polar surface area (TPSA) is 51.2 Å². The fourth-order valence-electron chi connectivity index (χ4n) is 2.37. The van der Waals surface area contributed by atoms with Crippen LogP contribution in [0.15, 0.2) is 66.9 Å². The van der Waals surface area contributed by atoms with Crippen molar-refractivity contribution >= 4 is 25.0 Å². The Morgan fingerprint density at radius 2 is 1.69 bits per heavy atom. The average Bonchev–Trinajstić information content (AvgIpc) is 2.66. The number of pyridine rings is 1. The van der Waals surface area contributed by atoms with E-state index in [2.05, 4.69) is 10.3 Å². The van der Waals surface area contributed by atoms with Gasteiger partial charge in [-0.1, -0.05) is 42.5 Å². The highest BCUT2D eigenvalue weighted by molar-refractivity contribution is 6.31. The maximum atomic E-state index is 13.7. The number of nitrogens with zero attached hydrogens (tertiary/aromatic N) is 1. The largest absolute Gasteiger partial charge is 0.372 e. The second-order valence-corrected chi connectivity index (χ2v) is 5.72. The molecule has 2 aromatic carbocycles. The minimum atomic E-state index is -0.720. The SMILES string of the molecule is [B]c1cc(C(=O)Nc2ccc(COCc3ccccc3)cc2)c(F)cn1. The number of carbonyl (C=O) groups is 1. The van der Waals surface area contributed by atoms with E-state index in [0.29, 0.717) is 18.9 Å². The zero-order valence-corrected chi connectivity index (χ0v) is 14.0. The number of hydrogen-bond donors (Lipinski definition) is 1. The quantitative estimate of drug-likeness (QED) is 0.698. The standard InChI is InChI=1S/C20H16BFN2O2/c21-19-10-17(18(22)11-23-19)20(25)24-16-8-6-15(7-9-16)13-26-12-14-4-2-1-3-5-14/h1-11H,12-13H2,(H,24,25). The van der Waals surface area contributed by atoms with E-state index in [9.17, 15) is 9.18 Å². The van der Waals surface area contributed by atoms with Crippen molar-refractivity contribution in [3.8, 4) is 0 Å². The molecular formula is C20H16BFN2O2. The van der Waals surface area contributed by atoms with Crippen LogP contribution < -0.4 is 10.9 Å². The molecule has 2 radical (unpaired) electrons. The van der Waals surface area contributed by atoms with Crippen LogP contribution in [-0.2, 0) is 18.0 Å². The van der Waals surface area contributed by atoms with Gasteiger partial charge in [0, 0.05) is 5.69 Å². The highest BCUT2D eigenvalue weighted by Gasteiger charge is 2.12. The monoisotopic (exact) mass is 346 g/mol. The second kappa shape index (κ2) is 8.40. The van der Waals surface area contributed by atoms with Gasteiger partial charge in [-0.05, 0) is 34.9 Å². The van der Waals surface area contributed by atoms with E-state index in [4.69, 9.17) is 12.6 Å². The summed E-state index contributed by atoms with van der Waals surface area (Å²) < 4.78 is 19.3. The summed E-state index contributed by atoms with van der Waals surface area (Å²) in [6.07, 6.45) is 0.928. The Labute approximate surface area is 152 Å². The van der Waals surface area contributed by atoms with Crippen molar-refractivity contribution in [2.75, 3.05) is 5.32 Å². The molecule has 0 aliphatic rings. The molecule has 0 bridgehead atoms. The van der Waals surface area contributed by atoms with Crippen molar-refractivity contribution in [2.45, 2.75) is 13.2 Å². The number of rotatable bonds is 6. The first-order valence-corrected chi connectivity index (χ1v) is 8.05. The number of ether oxygens (including phenoxy) is 1. The van der Waals surface area contributed by atoms with Gasteiger partial charge in [-0.25, -0.2) is 4.39 Å². The molecule has 0 aliphatic heterocycles. The molecule has 1 amide bonds. The zero-order valence-electron chi connectivity index (χ0n) is 14.0. The van der Waals surface area contributed by atoms with Gasteiger partial charge in [-0.3, -0.25) is 9.78 Å². The molecule has 3 rings (SSSR count). The highest BCUT2D eigenvalue weighted by Crippen LogP contribution is 2.13. The molecule has 0 fully saturated rings. The maximum Gasteiger partial charge on any atom is 0.258 e. The van der Waals surface area contributed by atoms with Crippen molar-refractivity contribution in [1.29, 1.82) is 0 Å². The third kappa shape index (κ3) is 4.77. The van der Waals surface area contributed by atoms with Gasteiger partial charge >= 0.3 is 0 Å². The average molecular weight is 346 g/mol. The highest BCUT2D eigenvalue weighted by atomic mass is 19.1. The van der Waals surface area contributed by atoms with E-state index in [0.717, 1.165) is 17.3 Å². The van der Waals surface area contributed by atoms with Crippen molar-refractivity contribution in [1.82, 2.24) is 4.98 Å². The first kappa shape index (κ1) is 17.8. The number of hydrogen-bond acceptors (Lipinski definition) is 3. The summed E-state index contributed by atoms with van der Waals surface area (Å²) in [4.78, 5) is 15.7. The van der Waals surface area contributed by atoms with Crippen LogP contribution in [-0.4, -0.2) is 18.7 Å². The van der Waals surface area contributed by atoms with Crippen molar-refractivity contribution < 1.29 is 13.9 Å². The molecule has 1 heterocycles. The summed E-state index contributed by atoms with van der Waals surface area (Å²) in [5.41, 5.74) is 2.57. The zero-order chi connectivity index (χ0) is 18.4. The van der Waals surface area contributed by atoms with Gasteiger partial charge in [-0.15, -0.1) is 0 Å². The molecular weight excluding hydrogens is 330 g/mol. The maximum absolute atomic E-state index is 13.7. The van der Waals surface area contributed by atoms with E-state index in [1.807, 2.05) is 42.5 Å². The molecule has 0 saturated heterocycles. The lowest BCUT2D eigenvalue weighted by atomic mass is 10.0. The number of carbonyl (C=O) groups excluding carboxylic acids is 1. The third-order valence-electron chi connectivity index (χ3n) is 3.71. The number of aromatic nitrogens is 1. The summed E-state index contributed by atoms with van der Waals surface area (Å²) >= 11 is 0. The van der Waals surface area contributed by atoms with Crippen molar-refractivity contribution in [2.24, 2.45) is 0 Å². The Morgan fingerprint density at radius 3 is 2.38 bits per heavy atom. The lowest BCUT2D eigenvalue weighted by Gasteiger charge is -2.08. The summed E-state index contributed by atoms with van der Waals surface area (Å²) in [5, 5.41) is 2.63. The lowest BCUT2D eigenvalue weighted by molar-refractivity contribution is 0.102. The van der Waals surface area contributed by atoms with E-state index < -0.39 is 11.7 Å². The van der Waals surface area contributed by atoms with Gasteiger partial charge in [0.15, 0.2) is 5.82 Å². The number of anilines is 1. The van der Waals surface area contributed by atoms with Crippen LogP contribution in [0.1, 0.15) is 21.5 Å². The Hall–Kier alpha value is -2.99. The third-order valence-corrected chi connectivity index (χ3v) is 3.71. The second-order valence-electron chi connectivity index (χ2n) is 5.72. The predicted molar refractivity (Wildman–Crippen MR) is 98.9 cm³/mol.